The van der Waals surface area contributed by atoms with Crippen molar-refractivity contribution in [3.8, 4) is 0 Å². The number of thioether (sulfide) groups is 1. The lowest BCUT2D eigenvalue weighted by Gasteiger charge is -2.27. The van der Waals surface area contributed by atoms with Crippen molar-refractivity contribution in [2.75, 3.05) is 29.5 Å². The zero-order valence-corrected chi connectivity index (χ0v) is 38.9. The molecular formula is C51H53N2O8S3+. The number of benzene rings is 5. The molecular weight excluding hydrogens is 865 g/mol. The number of fused-ring (bicyclic) bond motifs is 6. The van der Waals surface area contributed by atoms with E-state index in [9.17, 15) is 35.8 Å². The Labute approximate surface area is 379 Å². The molecule has 0 saturated carbocycles. The van der Waals surface area contributed by atoms with Crippen molar-refractivity contribution in [2.45, 2.75) is 75.5 Å². The van der Waals surface area contributed by atoms with Crippen molar-refractivity contribution < 1.29 is 40.4 Å². The average Bonchev–Trinajstić information content (AvgIpc) is 3.60. The van der Waals surface area contributed by atoms with Crippen LogP contribution in [0.4, 0.5) is 11.4 Å². The number of allylic oxidation sites excluding steroid dienone is 7. The summed E-state index contributed by atoms with van der Waals surface area (Å²) in [6.07, 6.45) is 11.6. The van der Waals surface area contributed by atoms with Crippen LogP contribution in [0.1, 0.15) is 81.3 Å². The predicted octanol–water partition coefficient (Wildman–Crippen LogP) is 11.0. The lowest BCUT2D eigenvalue weighted by molar-refractivity contribution is -0.437. The summed E-state index contributed by atoms with van der Waals surface area (Å²) in [5.74, 6) is -1.70. The Morgan fingerprint density at radius 2 is 1.36 bits per heavy atom. The van der Waals surface area contributed by atoms with Crippen LogP contribution in [0.25, 0.3) is 21.5 Å². The van der Waals surface area contributed by atoms with Gasteiger partial charge in [-0.2, -0.15) is 21.4 Å². The minimum atomic E-state index is -4.16. The fourth-order valence-electron chi connectivity index (χ4n) is 9.86. The van der Waals surface area contributed by atoms with Gasteiger partial charge in [0, 0.05) is 57.3 Å². The molecule has 10 nitrogen and oxygen atoms in total. The second kappa shape index (κ2) is 17.6. The standard InChI is InChI=1S/C51H52N2O8S3/c1-50(2)44(52(30-10-32-63(56,57)58)42-26-20-34-12-5-7-16-40(34)46(42)50)28-22-36-14-9-15-37(48(36)62-39-24-18-38(19-25-39)49(54)55)23-29-45-51(3,4)47-41-17-8-6-13-35(41)21-27-43(47)53(45)31-11-33-64(59,60)61/h5-8,12-13,16-29H,9-11,14-15,30-33H2,1-4H3,(H2-,54,55,56,57,58,59,60,61)/p+1. The highest BCUT2D eigenvalue weighted by atomic mass is 32.2. The van der Waals surface area contributed by atoms with Crippen LogP contribution in [0.3, 0.4) is 0 Å². The number of nitrogens with zero attached hydrogens (tertiary/aromatic N) is 2. The van der Waals surface area contributed by atoms with Gasteiger partial charge in [0.25, 0.3) is 20.2 Å². The number of hydrogen-bond acceptors (Lipinski definition) is 7. The maximum Gasteiger partial charge on any atom is 0.335 e. The molecule has 0 spiro atoms. The number of carboxylic acid groups (broad SMARTS) is 1. The summed E-state index contributed by atoms with van der Waals surface area (Å²) in [7, 11) is -8.32. The Hall–Kier alpha value is -5.31. The van der Waals surface area contributed by atoms with E-state index in [1.54, 1.807) is 23.9 Å². The number of aromatic carboxylic acids is 1. The minimum absolute atomic E-state index is 0.202. The Kier molecular flexibility index (Phi) is 12.4. The summed E-state index contributed by atoms with van der Waals surface area (Å²) in [6.45, 7) is 9.55. The number of carbonyl (C=O) groups is 1. The molecule has 0 aromatic heterocycles. The average molecular weight is 918 g/mol. The molecule has 3 N–H and O–H groups in total. The Bertz CT molecular complexity index is 3090. The number of carboxylic acids is 1. The first-order valence-electron chi connectivity index (χ1n) is 21.5. The van der Waals surface area contributed by atoms with Gasteiger partial charge in [0.1, 0.15) is 6.54 Å². The molecule has 5 aromatic rings. The van der Waals surface area contributed by atoms with E-state index in [-0.39, 0.29) is 29.9 Å². The van der Waals surface area contributed by atoms with Crippen LogP contribution in [0.5, 0.6) is 0 Å². The summed E-state index contributed by atoms with van der Waals surface area (Å²) < 4.78 is 68.9. The summed E-state index contributed by atoms with van der Waals surface area (Å²) in [5, 5.41) is 14.1. The molecule has 8 rings (SSSR count). The molecule has 0 atom stereocenters. The summed E-state index contributed by atoms with van der Waals surface area (Å²) >= 11 is 1.59. The van der Waals surface area contributed by atoms with E-state index in [1.807, 2.05) is 36.4 Å². The van der Waals surface area contributed by atoms with E-state index in [2.05, 4.69) is 110 Å². The Morgan fingerprint density at radius 1 is 0.734 bits per heavy atom. The third-order valence-corrected chi connectivity index (χ3v) is 15.6. The van der Waals surface area contributed by atoms with Crippen LogP contribution < -0.4 is 4.90 Å². The van der Waals surface area contributed by atoms with Gasteiger partial charge in [-0.15, -0.1) is 0 Å². The van der Waals surface area contributed by atoms with Gasteiger partial charge in [0.15, 0.2) is 5.71 Å². The third kappa shape index (κ3) is 9.14. The van der Waals surface area contributed by atoms with E-state index < -0.39 is 37.0 Å². The molecule has 0 fully saturated rings. The van der Waals surface area contributed by atoms with Crippen molar-refractivity contribution in [3.05, 3.63) is 160 Å². The maximum absolute atomic E-state index is 11.9. The lowest BCUT2D eigenvalue weighted by atomic mass is 9.78. The first-order chi connectivity index (χ1) is 30.3. The summed E-state index contributed by atoms with van der Waals surface area (Å²) in [6, 6.07) is 31.8. The molecule has 3 aliphatic rings. The molecule has 5 aromatic carbocycles. The Balaban J connectivity index is 1.25. The van der Waals surface area contributed by atoms with Gasteiger partial charge in [0.05, 0.1) is 22.5 Å². The molecule has 0 amide bonds. The van der Waals surface area contributed by atoms with Gasteiger partial charge in [-0.25, -0.2) is 4.79 Å². The lowest BCUT2D eigenvalue weighted by Crippen LogP contribution is -2.28. The van der Waals surface area contributed by atoms with Crippen LogP contribution in [0.2, 0.25) is 0 Å². The minimum Gasteiger partial charge on any atom is -0.478 e. The molecule has 332 valence electrons. The van der Waals surface area contributed by atoms with E-state index in [4.69, 9.17) is 0 Å². The fourth-order valence-corrected chi connectivity index (χ4v) is 12.0. The first kappa shape index (κ1) is 45.3. The molecule has 0 saturated heterocycles. The smallest absolute Gasteiger partial charge is 0.335 e. The SMILES string of the molecule is CC1(C)C(/C=C/C2=C(Sc3ccc(C(=O)O)cc3)C(=C/C=C3/N(CCCS(=O)(=O)O)c4ccc5ccccc5c4C3(C)C)/CCC2)=[N+](CCCS(=O)(=O)O)c2ccc3ccccc3c21. The third-order valence-electron chi connectivity index (χ3n) is 12.8. The van der Waals surface area contributed by atoms with Crippen molar-refractivity contribution >= 4 is 76.6 Å². The van der Waals surface area contributed by atoms with Crippen molar-refractivity contribution in [3.63, 3.8) is 0 Å². The number of rotatable bonds is 14. The predicted molar refractivity (Wildman–Crippen MR) is 259 cm³/mol. The zero-order valence-electron chi connectivity index (χ0n) is 36.4. The van der Waals surface area contributed by atoms with Gasteiger partial charge in [-0.05, 0) is 120 Å². The molecule has 0 radical (unpaired) electrons. The van der Waals surface area contributed by atoms with Gasteiger partial charge in [0.2, 0.25) is 5.69 Å². The largest absolute Gasteiger partial charge is 0.478 e. The van der Waals surface area contributed by atoms with Gasteiger partial charge < -0.3 is 10.0 Å². The van der Waals surface area contributed by atoms with Crippen LogP contribution in [0.15, 0.2) is 148 Å². The van der Waals surface area contributed by atoms with Gasteiger partial charge >= 0.3 is 5.97 Å². The fraction of sp³-hybridized carbons (Fsp3) is 0.294. The monoisotopic (exact) mass is 917 g/mol. The van der Waals surface area contributed by atoms with Crippen LogP contribution in [-0.2, 0) is 31.1 Å². The van der Waals surface area contributed by atoms with E-state index in [0.717, 1.165) is 95.7 Å². The maximum atomic E-state index is 11.9. The Morgan fingerprint density at radius 3 is 2.02 bits per heavy atom. The van der Waals surface area contributed by atoms with Gasteiger partial charge in [-0.3, -0.25) is 9.11 Å². The van der Waals surface area contributed by atoms with Crippen LogP contribution in [0, 0.1) is 0 Å². The van der Waals surface area contributed by atoms with Crippen molar-refractivity contribution in [1.29, 1.82) is 0 Å². The van der Waals surface area contributed by atoms with E-state index in [1.165, 1.54) is 0 Å². The van der Waals surface area contributed by atoms with Crippen molar-refractivity contribution in [2.24, 2.45) is 0 Å². The molecule has 2 aliphatic heterocycles. The van der Waals surface area contributed by atoms with E-state index in [0.29, 0.717) is 13.1 Å². The quantitative estimate of drug-likeness (QED) is 0.0725. The second-order valence-corrected chi connectivity index (χ2v) is 22.0. The molecule has 0 unspecified atom stereocenters. The molecule has 1 aliphatic carbocycles. The zero-order chi connectivity index (χ0) is 45.6. The highest BCUT2D eigenvalue weighted by Gasteiger charge is 2.46. The van der Waals surface area contributed by atoms with E-state index >= 15 is 0 Å². The first-order valence-corrected chi connectivity index (χ1v) is 25.6. The molecule has 2 heterocycles. The topological polar surface area (TPSA) is 152 Å². The highest BCUT2D eigenvalue weighted by Crippen LogP contribution is 2.51. The molecule has 64 heavy (non-hydrogen) atoms. The second-order valence-electron chi connectivity index (χ2n) is 17.8. The highest BCUT2D eigenvalue weighted by molar-refractivity contribution is 8.03. The number of hydrogen-bond donors (Lipinski definition) is 3. The van der Waals surface area contributed by atoms with Crippen LogP contribution in [-0.4, -0.2) is 71.9 Å². The summed E-state index contributed by atoms with van der Waals surface area (Å²) in [4.78, 5) is 15.9. The van der Waals surface area contributed by atoms with Crippen LogP contribution >= 0.6 is 11.8 Å². The summed E-state index contributed by atoms with van der Waals surface area (Å²) in [5.41, 5.74) is 7.83. The normalized spacial score (nSPS) is 18.6. The number of anilines is 1. The molecule has 13 heteroatoms. The van der Waals surface area contributed by atoms with Gasteiger partial charge in [-0.1, -0.05) is 92.4 Å². The molecule has 0 bridgehead atoms. The van der Waals surface area contributed by atoms with Crippen molar-refractivity contribution in [1.82, 2.24) is 0 Å².